The first-order valence-corrected chi connectivity index (χ1v) is 7.31. The van der Waals surface area contributed by atoms with Crippen molar-refractivity contribution >= 4 is 5.84 Å². The molecule has 2 heterocycles. The molecule has 2 rings (SSSR count). The third-order valence-electron chi connectivity index (χ3n) is 3.28. The molecule has 0 aliphatic carbocycles. The number of unbranched alkanes of at least 4 members (excludes halogenated alkanes) is 5. The van der Waals surface area contributed by atoms with Gasteiger partial charge in [-0.1, -0.05) is 45.1 Å². The van der Waals surface area contributed by atoms with Gasteiger partial charge in [0, 0.05) is 6.20 Å². The number of aliphatic imine (C=N–C) groups is 1. The van der Waals surface area contributed by atoms with E-state index in [0.717, 1.165) is 18.0 Å². The quantitative estimate of drug-likeness (QED) is 0.729. The largest absolute Gasteiger partial charge is 0.253 e. The van der Waals surface area contributed by atoms with Gasteiger partial charge in [-0.2, -0.15) is 0 Å². The summed E-state index contributed by atoms with van der Waals surface area (Å²) >= 11 is 0. The molecule has 0 bridgehead atoms. The zero-order valence-corrected chi connectivity index (χ0v) is 11.6. The SMILES string of the molecule is CCCCCCCCC1N=C(c2ccccn2)NO1. The van der Waals surface area contributed by atoms with E-state index < -0.39 is 0 Å². The number of pyridine rings is 1. The Morgan fingerprint density at radius 1 is 1.16 bits per heavy atom. The molecule has 1 aliphatic rings. The standard InChI is InChI=1S/C15H23N3O/c1-2-3-4-5-6-7-11-14-17-15(18-19-14)13-10-8-9-12-16-13/h8-10,12,14H,2-7,11H2,1H3,(H,17,18). The smallest absolute Gasteiger partial charge is 0.177 e. The molecule has 1 aromatic heterocycles. The van der Waals surface area contributed by atoms with Gasteiger partial charge in [0.2, 0.25) is 0 Å². The van der Waals surface area contributed by atoms with Gasteiger partial charge < -0.3 is 0 Å². The number of hydrogen-bond donors (Lipinski definition) is 1. The maximum absolute atomic E-state index is 5.45. The summed E-state index contributed by atoms with van der Waals surface area (Å²) in [5.74, 6) is 0.747. The van der Waals surface area contributed by atoms with Gasteiger partial charge in [0.05, 0.1) is 0 Å². The molecule has 0 spiro atoms. The summed E-state index contributed by atoms with van der Waals surface area (Å²) in [7, 11) is 0. The van der Waals surface area contributed by atoms with E-state index in [2.05, 4.69) is 22.4 Å². The van der Waals surface area contributed by atoms with Gasteiger partial charge in [0.15, 0.2) is 12.1 Å². The predicted octanol–water partition coefficient (Wildman–Crippen LogP) is 3.44. The molecule has 1 unspecified atom stereocenters. The first kappa shape index (κ1) is 14.0. The summed E-state index contributed by atoms with van der Waals surface area (Å²) in [6.45, 7) is 2.24. The van der Waals surface area contributed by atoms with Crippen LogP contribution in [0.4, 0.5) is 0 Å². The number of nitrogens with one attached hydrogen (secondary N) is 1. The van der Waals surface area contributed by atoms with E-state index in [1.165, 1.54) is 38.5 Å². The van der Waals surface area contributed by atoms with Crippen molar-refractivity contribution in [2.24, 2.45) is 4.99 Å². The Bertz CT molecular complexity index is 392. The normalized spacial score (nSPS) is 18.2. The number of hydrogen-bond acceptors (Lipinski definition) is 4. The summed E-state index contributed by atoms with van der Waals surface area (Å²) in [6.07, 6.45) is 10.5. The fraction of sp³-hybridized carbons (Fsp3) is 0.600. The fourth-order valence-corrected chi connectivity index (χ4v) is 2.16. The minimum atomic E-state index is -0.0526. The van der Waals surface area contributed by atoms with Crippen molar-refractivity contribution in [2.45, 2.75) is 58.1 Å². The summed E-state index contributed by atoms with van der Waals surface area (Å²) < 4.78 is 0. The lowest BCUT2D eigenvalue weighted by Gasteiger charge is -2.05. The van der Waals surface area contributed by atoms with Gasteiger partial charge in [-0.3, -0.25) is 4.98 Å². The molecule has 19 heavy (non-hydrogen) atoms. The summed E-state index contributed by atoms with van der Waals surface area (Å²) in [6, 6.07) is 5.78. The predicted molar refractivity (Wildman–Crippen MR) is 76.8 cm³/mol. The van der Waals surface area contributed by atoms with E-state index >= 15 is 0 Å². The second-order valence-electron chi connectivity index (χ2n) is 4.92. The van der Waals surface area contributed by atoms with Crippen LogP contribution >= 0.6 is 0 Å². The van der Waals surface area contributed by atoms with Crippen LogP contribution in [0, 0.1) is 0 Å². The molecule has 0 amide bonds. The lowest BCUT2D eigenvalue weighted by Crippen LogP contribution is -2.20. The highest BCUT2D eigenvalue weighted by atomic mass is 16.7. The van der Waals surface area contributed by atoms with Gasteiger partial charge in [0.1, 0.15) is 5.69 Å². The van der Waals surface area contributed by atoms with E-state index in [1.807, 2.05) is 18.2 Å². The molecular formula is C15H23N3O. The van der Waals surface area contributed by atoms with Crippen molar-refractivity contribution in [2.75, 3.05) is 0 Å². The molecule has 4 heteroatoms. The van der Waals surface area contributed by atoms with E-state index in [4.69, 9.17) is 4.84 Å². The molecule has 0 saturated heterocycles. The number of amidine groups is 1. The third-order valence-corrected chi connectivity index (χ3v) is 3.28. The summed E-state index contributed by atoms with van der Waals surface area (Å²) in [5.41, 5.74) is 3.71. The van der Waals surface area contributed by atoms with E-state index in [-0.39, 0.29) is 6.23 Å². The van der Waals surface area contributed by atoms with Crippen LogP contribution in [-0.4, -0.2) is 17.0 Å². The molecule has 0 radical (unpaired) electrons. The Balaban J connectivity index is 1.68. The fourth-order valence-electron chi connectivity index (χ4n) is 2.16. The molecule has 1 atom stereocenters. The Hall–Kier alpha value is -1.42. The average molecular weight is 261 g/mol. The minimum Gasteiger partial charge on any atom is -0.253 e. The minimum absolute atomic E-state index is 0.0526. The summed E-state index contributed by atoms with van der Waals surface area (Å²) in [4.78, 5) is 14.2. The van der Waals surface area contributed by atoms with Crippen LogP contribution in [-0.2, 0) is 4.84 Å². The van der Waals surface area contributed by atoms with Crippen molar-refractivity contribution in [1.29, 1.82) is 0 Å². The Morgan fingerprint density at radius 2 is 2.00 bits per heavy atom. The monoisotopic (exact) mass is 261 g/mol. The van der Waals surface area contributed by atoms with Gasteiger partial charge in [-0.15, -0.1) is 0 Å². The zero-order valence-electron chi connectivity index (χ0n) is 11.6. The number of rotatable bonds is 8. The van der Waals surface area contributed by atoms with Crippen molar-refractivity contribution < 1.29 is 4.84 Å². The molecule has 1 aliphatic heterocycles. The molecule has 0 aromatic carbocycles. The Kier molecular flexibility index (Phi) is 5.82. The summed E-state index contributed by atoms with van der Waals surface area (Å²) in [5, 5.41) is 0. The average Bonchev–Trinajstić information content (AvgIpc) is 2.92. The van der Waals surface area contributed by atoms with Gasteiger partial charge in [0.25, 0.3) is 0 Å². The topological polar surface area (TPSA) is 46.5 Å². The van der Waals surface area contributed by atoms with Gasteiger partial charge >= 0.3 is 0 Å². The van der Waals surface area contributed by atoms with E-state index in [9.17, 15) is 0 Å². The van der Waals surface area contributed by atoms with Crippen LogP contribution in [0.25, 0.3) is 0 Å². The highest BCUT2D eigenvalue weighted by Crippen LogP contribution is 2.14. The van der Waals surface area contributed by atoms with Crippen molar-refractivity contribution in [3.05, 3.63) is 30.1 Å². The lowest BCUT2D eigenvalue weighted by atomic mass is 10.1. The van der Waals surface area contributed by atoms with E-state index in [1.54, 1.807) is 6.20 Å². The first-order chi connectivity index (χ1) is 9.40. The highest BCUT2D eigenvalue weighted by molar-refractivity contribution is 5.96. The zero-order chi connectivity index (χ0) is 13.3. The van der Waals surface area contributed by atoms with Crippen molar-refractivity contribution in [3.8, 4) is 0 Å². The first-order valence-electron chi connectivity index (χ1n) is 7.31. The van der Waals surface area contributed by atoms with Gasteiger partial charge in [-0.05, 0) is 25.0 Å². The molecule has 0 fully saturated rings. The lowest BCUT2D eigenvalue weighted by molar-refractivity contribution is 0.0318. The second kappa shape index (κ2) is 7.89. The van der Waals surface area contributed by atoms with Crippen LogP contribution in [0.5, 0.6) is 0 Å². The molecule has 104 valence electrons. The second-order valence-corrected chi connectivity index (χ2v) is 4.92. The molecule has 0 saturated carbocycles. The van der Waals surface area contributed by atoms with Gasteiger partial charge in [-0.25, -0.2) is 15.3 Å². The molecular weight excluding hydrogens is 238 g/mol. The Morgan fingerprint density at radius 3 is 2.79 bits per heavy atom. The van der Waals surface area contributed by atoms with Crippen LogP contribution in [0.2, 0.25) is 0 Å². The van der Waals surface area contributed by atoms with Crippen LogP contribution in [0.3, 0.4) is 0 Å². The van der Waals surface area contributed by atoms with Crippen LogP contribution in [0.15, 0.2) is 29.4 Å². The Labute approximate surface area is 115 Å². The van der Waals surface area contributed by atoms with Crippen LogP contribution in [0.1, 0.15) is 57.6 Å². The molecule has 1 aromatic rings. The maximum Gasteiger partial charge on any atom is 0.177 e. The molecule has 1 N–H and O–H groups in total. The van der Waals surface area contributed by atoms with Crippen LogP contribution < -0.4 is 5.48 Å². The highest BCUT2D eigenvalue weighted by Gasteiger charge is 2.18. The third kappa shape index (κ3) is 4.63. The number of nitrogens with zero attached hydrogens (tertiary/aromatic N) is 2. The molecule has 4 nitrogen and oxygen atoms in total. The number of aromatic nitrogens is 1. The maximum atomic E-state index is 5.45. The number of hydroxylamine groups is 1. The van der Waals surface area contributed by atoms with Crippen molar-refractivity contribution in [1.82, 2.24) is 10.5 Å². The van der Waals surface area contributed by atoms with E-state index in [0.29, 0.717) is 0 Å². The van der Waals surface area contributed by atoms with Crippen molar-refractivity contribution in [3.63, 3.8) is 0 Å².